The van der Waals surface area contributed by atoms with E-state index in [1.165, 1.54) is 0 Å². The lowest BCUT2D eigenvalue weighted by atomic mass is 10.2. The van der Waals surface area contributed by atoms with Gasteiger partial charge in [-0.3, -0.25) is 0 Å². The van der Waals surface area contributed by atoms with Gasteiger partial charge in [0.25, 0.3) is 0 Å². The molecule has 2 rings (SSSR count). The van der Waals surface area contributed by atoms with Crippen LogP contribution in [0.2, 0.25) is 10.0 Å². The van der Waals surface area contributed by atoms with Crippen molar-refractivity contribution in [3.8, 4) is 0 Å². The maximum atomic E-state index is 6.10. The minimum atomic E-state index is 0.298. The minimum Gasteiger partial charge on any atom is -0.389 e. The summed E-state index contributed by atoms with van der Waals surface area (Å²) in [6.45, 7) is 0.670. The highest BCUT2D eigenvalue weighted by Gasteiger charge is 2.04. The standard InChI is InChI=1S/C14H12Cl2N2S/c15-10-3-1-2-9(6-10)8-18-11-4-5-12(14(17)19)13(16)7-11/h1-7,18H,8H2,(H2,17,19). The van der Waals surface area contributed by atoms with Crippen LogP contribution in [0.5, 0.6) is 0 Å². The number of benzene rings is 2. The Hall–Kier alpha value is -1.29. The smallest absolute Gasteiger partial charge is 0.105 e. The molecule has 3 N–H and O–H groups in total. The summed E-state index contributed by atoms with van der Waals surface area (Å²) in [7, 11) is 0. The highest BCUT2D eigenvalue weighted by atomic mass is 35.5. The predicted octanol–water partition coefficient (Wildman–Crippen LogP) is 4.24. The van der Waals surface area contributed by atoms with Crippen molar-refractivity contribution in [2.24, 2.45) is 5.73 Å². The maximum Gasteiger partial charge on any atom is 0.105 e. The number of halogens is 2. The maximum absolute atomic E-state index is 6.10. The van der Waals surface area contributed by atoms with Crippen molar-refractivity contribution in [3.05, 3.63) is 63.6 Å². The van der Waals surface area contributed by atoms with E-state index < -0.39 is 0 Å². The van der Waals surface area contributed by atoms with Crippen LogP contribution in [-0.4, -0.2) is 4.99 Å². The second-order valence-electron chi connectivity index (χ2n) is 4.04. The molecule has 0 saturated carbocycles. The van der Waals surface area contributed by atoms with Gasteiger partial charge in [0.15, 0.2) is 0 Å². The molecule has 0 fully saturated rings. The van der Waals surface area contributed by atoms with E-state index in [1.54, 1.807) is 6.07 Å². The van der Waals surface area contributed by atoms with Gasteiger partial charge in [0, 0.05) is 22.8 Å². The van der Waals surface area contributed by atoms with Gasteiger partial charge >= 0.3 is 0 Å². The van der Waals surface area contributed by atoms with E-state index in [2.05, 4.69) is 5.32 Å². The largest absolute Gasteiger partial charge is 0.389 e. The normalized spacial score (nSPS) is 10.2. The first-order valence-corrected chi connectivity index (χ1v) is 6.80. The third-order valence-electron chi connectivity index (χ3n) is 2.62. The number of rotatable bonds is 4. The lowest BCUT2D eigenvalue weighted by Crippen LogP contribution is -2.10. The Bertz CT molecular complexity index is 614. The average Bonchev–Trinajstić information content (AvgIpc) is 2.36. The summed E-state index contributed by atoms with van der Waals surface area (Å²) in [6.07, 6.45) is 0. The zero-order chi connectivity index (χ0) is 13.8. The molecule has 0 heterocycles. The first-order valence-electron chi connectivity index (χ1n) is 5.64. The van der Waals surface area contributed by atoms with Gasteiger partial charge in [-0.05, 0) is 35.9 Å². The number of thiocarbonyl (C=S) groups is 1. The van der Waals surface area contributed by atoms with E-state index >= 15 is 0 Å². The molecular formula is C14H12Cl2N2S. The summed E-state index contributed by atoms with van der Waals surface area (Å²) in [5, 5.41) is 4.54. The van der Waals surface area contributed by atoms with Gasteiger partial charge < -0.3 is 11.1 Å². The molecule has 0 bridgehead atoms. The molecule has 0 aliphatic rings. The Labute approximate surface area is 127 Å². The fourth-order valence-corrected chi connectivity index (χ4v) is 2.41. The van der Waals surface area contributed by atoms with Crippen LogP contribution in [0.1, 0.15) is 11.1 Å². The van der Waals surface area contributed by atoms with Gasteiger partial charge in [0.1, 0.15) is 4.99 Å². The summed E-state index contributed by atoms with van der Waals surface area (Å²) in [6, 6.07) is 13.2. The van der Waals surface area contributed by atoms with Crippen LogP contribution in [0.25, 0.3) is 0 Å². The summed E-state index contributed by atoms with van der Waals surface area (Å²) in [5.74, 6) is 0. The van der Waals surface area contributed by atoms with Gasteiger partial charge in [-0.1, -0.05) is 47.6 Å². The fraction of sp³-hybridized carbons (Fsp3) is 0.0714. The Morgan fingerprint density at radius 2 is 1.95 bits per heavy atom. The molecule has 0 saturated heterocycles. The number of anilines is 1. The molecule has 0 unspecified atom stereocenters. The quantitative estimate of drug-likeness (QED) is 0.830. The van der Waals surface area contributed by atoms with E-state index in [4.69, 9.17) is 41.2 Å². The molecule has 0 atom stereocenters. The Balaban J connectivity index is 2.08. The zero-order valence-electron chi connectivity index (χ0n) is 9.99. The van der Waals surface area contributed by atoms with E-state index in [-0.39, 0.29) is 0 Å². The average molecular weight is 311 g/mol. The Morgan fingerprint density at radius 3 is 2.58 bits per heavy atom. The zero-order valence-corrected chi connectivity index (χ0v) is 12.3. The van der Waals surface area contributed by atoms with Crippen LogP contribution >= 0.6 is 35.4 Å². The Kier molecular flexibility index (Phi) is 4.64. The van der Waals surface area contributed by atoms with Crippen LogP contribution in [0, 0.1) is 0 Å². The molecular weight excluding hydrogens is 299 g/mol. The topological polar surface area (TPSA) is 38.0 Å². The summed E-state index contributed by atoms with van der Waals surface area (Å²) in [5.41, 5.74) is 8.25. The second kappa shape index (κ2) is 6.24. The molecule has 19 heavy (non-hydrogen) atoms. The third kappa shape index (κ3) is 3.83. The molecule has 0 amide bonds. The van der Waals surface area contributed by atoms with Crippen molar-refractivity contribution in [1.29, 1.82) is 0 Å². The fourth-order valence-electron chi connectivity index (χ4n) is 1.68. The third-order valence-corrected chi connectivity index (χ3v) is 3.39. The minimum absolute atomic E-state index is 0.298. The molecule has 98 valence electrons. The van der Waals surface area contributed by atoms with Crippen LogP contribution in [0.3, 0.4) is 0 Å². The van der Waals surface area contributed by atoms with Crippen molar-refractivity contribution < 1.29 is 0 Å². The molecule has 0 aliphatic carbocycles. The van der Waals surface area contributed by atoms with E-state index in [1.807, 2.05) is 36.4 Å². The van der Waals surface area contributed by atoms with Crippen molar-refractivity contribution >= 4 is 46.1 Å². The van der Waals surface area contributed by atoms with Crippen molar-refractivity contribution in [2.45, 2.75) is 6.54 Å². The molecule has 0 spiro atoms. The lowest BCUT2D eigenvalue weighted by Gasteiger charge is -2.09. The molecule has 0 aliphatic heterocycles. The van der Waals surface area contributed by atoms with Crippen molar-refractivity contribution in [3.63, 3.8) is 0 Å². The molecule has 0 aromatic heterocycles. The van der Waals surface area contributed by atoms with E-state index in [0.29, 0.717) is 22.1 Å². The molecule has 0 radical (unpaired) electrons. The van der Waals surface area contributed by atoms with Crippen molar-refractivity contribution in [2.75, 3.05) is 5.32 Å². The van der Waals surface area contributed by atoms with Crippen molar-refractivity contribution in [1.82, 2.24) is 0 Å². The van der Waals surface area contributed by atoms with E-state index in [0.717, 1.165) is 16.3 Å². The van der Waals surface area contributed by atoms with Crippen LogP contribution < -0.4 is 11.1 Å². The molecule has 2 nitrogen and oxygen atoms in total. The van der Waals surface area contributed by atoms with Crippen LogP contribution in [0.15, 0.2) is 42.5 Å². The summed E-state index contributed by atoms with van der Waals surface area (Å²) in [4.78, 5) is 0.298. The molecule has 2 aromatic carbocycles. The predicted molar refractivity (Wildman–Crippen MR) is 86.1 cm³/mol. The molecule has 2 aromatic rings. The monoisotopic (exact) mass is 310 g/mol. The first-order chi connectivity index (χ1) is 9.06. The second-order valence-corrected chi connectivity index (χ2v) is 5.33. The SMILES string of the molecule is NC(=S)c1ccc(NCc2cccc(Cl)c2)cc1Cl. The highest BCUT2D eigenvalue weighted by Crippen LogP contribution is 2.21. The number of nitrogens with one attached hydrogen (secondary N) is 1. The van der Waals surface area contributed by atoms with Crippen LogP contribution in [-0.2, 0) is 6.54 Å². The lowest BCUT2D eigenvalue weighted by molar-refractivity contribution is 1.15. The molecule has 5 heteroatoms. The highest BCUT2D eigenvalue weighted by molar-refractivity contribution is 7.80. The van der Waals surface area contributed by atoms with Gasteiger partial charge in [-0.15, -0.1) is 0 Å². The van der Waals surface area contributed by atoms with Crippen LogP contribution in [0.4, 0.5) is 5.69 Å². The summed E-state index contributed by atoms with van der Waals surface area (Å²) >= 11 is 16.9. The van der Waals surface area contributed by atoms with Gasteiger partial charge in [-0.2, -0.15) is 0 Å². The number of nitrogens with two attached hydrogens (primary N) is 1. The van der Waals surface area contributed by atoms with E-state index in [9.17, 15) is 0 Å². The first kappa shape index (κ1) is 14.1. The van der Waals surface area contributed by atoms with Gasteiger partial charge in [0.05, 0.1) is 5.02 Å². The number of hydrogen-bond donors (Lipinski definition) is 2. The summed E-state index contributed by atoms with van der Waals surface area (Å²) < 4.78 is 0. The van der Waals surface area contributed by atoms with Gasteiger partial charge in [0.2, 0.25) is 0 Å². The van der Waals surface area contributed by atoms with Gasteiger partial charge in [-0.25, -0.2) is 0 Å². The number of hydrogen-bond acceptors (Lipinski definition) is 2. The Morgan fingerprint density at radius 1 is 1.16 bits per heavy atom.